The van der Waals surface area contributed by atoms with E-state index < -0.39 is 5.97 Å². The molecule has 0 atom stereocenters. The van der Waals surface area contributed by atoms with Crippen LogP contribution in [0.25, 0.3) is 0 Å². The molecular formula is C11H21NO2. The number of rotatable bonds is 2. The molecule has 0 amide bonds. The zero-order valence-electron chi connectivity index (χ0n) is 9.34. The van der Waals surface area contributed by atoms with Gasteiger partial charge in [-0.2, -0.15) is 0 Å². The first-order chi connectivity index (χ1) is 6.38. The first-order valence-electron chi connectivity index (χ1n) is 5.39. The fraction of sp³-hybridized carbons (Fsp3) is 0.909. The average Bonchev–Trinajstić information content (AvgIpc) is 2.02. The van der Waals surface area contributed by atoms with Gasteiger partial charge in [0.15, 0.2) is 0 Å². The number of hydrogen-bond acceptors (Lipinski definition) is 2. The molecule has 14 heavy (non-hydrogen) atoms. The molecule has 0 aromatic carbocycles. The molecule has 0 aliphatic heterocycles. The van der Waals surface area contributed by atoms with Crippen LogP contribution in [0.2, 0.25) is 0 Å². The molecule has 3 heteroatoms. The first kappa shape index (κ1) is 11.5. The first-order valence-corrected chi connectivity index (χ1v) is 5.39. The van der Waals surface area contributed by atoms with Crippen molar-refractivity contribution < 1.29 is 9.90 Å². The summed E-state index contributed by atoms with van der Waals surface area (Å²) >= 11 is 0. The van der Waals surface area contributed by atoms with Crippen LogP contribution in [0.5, 0.6) is 0 Å². The largest absolute Gasteiger partial charge is 0.481 e. The normalized spacial score (nSPS) is 28.8. The van der Waals surface area contributed by atoms with E-state index in [1.54, 1.807) is 0 Å². The summed E-state index contributed by atoms with van der Waals surface area (Å²) in [5, 5.41) is 12.4. The number of carbonyl (C=O) groups is 1. The Kier molecular flexibility index (Phi) is 3.53. The van der Waals surface area contributed by atoms with Crippen molar-refractivity contribution in [1.82, 2.24) is 5.32 Å². The van der Waals surface area contributed by atoms with E-state index in [0.717, 1.165) is 25.7 Å². The molecule has 1 fully saturated rings. The lowest BCUT2D eigenvalue weighted by Crippen LogP contribution is -2.45. The average molecular weight is 199 g/mol. The monoisotopic (exact) mass is 199 g/mol. The van der Waals surface area contributed by atoms with Crippen LogP contribution < -0.4 is 5.32 Å². The highest BCUT2D eigenvalue weighted by atomic mass is 16.4. The standard InChI is InChI=1S/C11H21NO2/c1-11(2,3)12-9-6-4-8(5-7-9)10(13)14/h8-9,12H,4-7H2,1-3H3,(H,13,14). The Morgan fingerprint density at radius 1 is 1.21 bits per heavy atom. The second-order valence-corrected chi connectivity index (χ2v) is 5.28. The fourth-order valence-corrected chi connectivity index (χ4v) is 2.10. The van der Waals surface area contributed by atoms with Crippen LogP contribution in [0, 0.1) is 5.92 Å². The van der Waals surface area contributed by atoms with E-state index in [9.17, 15) is 4.79 Å². The van der Waals surface area contributed by atoms with Gasteiger partial charge in [-0.1, -0.05) is 0 Å². The summed E-state index contributed by atoms with van der Waals surface area (Å²) in [5.41, 5.74) is 0.140. The zero-order valence-corrected chi connectivity index (χ0v) is 9.34. The number of carboxylic acid groups (broad SMARTS) is 1. The van der Waals surface area contributed by atoms with Gasteiger partial charge in [0.1, 0.15) is 0 Å². The molecule has 0 radical (unpaired) electrons. The van der Waals surface area contributed by atoms with Gasteiger partial charge in [-0.15, -0.1) is 0 Å². The predicted octanol–water partition coefficient (Wildman–Crippen LogP) is 2.02. The third kappa shape index (κ3) is 3.66. The van der Waals surface area contributed by atoms with Gasteiger partial charge in [0.25, 0.3) is 0 Å². The van der Waals surface area contributed by atoms with Crippen molar-refractivity contribution >= 4 is 5.97 Å². The van der Waals surface area contributed by atoms with Gasteiger partial charge < -0.3 is 10.4 Å². The smallest absolute Gasteiger partial charge is 0.306 e. The highest BCUT2D eigenvalue weighted by Gasteiger charge is 2.27. The minimum Gasteiger partial charge on any atom is -0.481 e. The van der Waals surface area contributed by atoms with Gasteiger partial charge >= 0.3 is 5.97 Å². The van der Waals surface area contributed by atoms with Crippen molar-refractivity contribution in [1.29, 1.82) is 0 Å². The zero-order chi connectivity index (χ0) is 10.8. The van der Waals surface area contributed by atoms with Gasteiger partial charge in [-0.25, -0.2) is 0 Å². The van der Waals surface area contributed by atoms with Gasteiger partial charge in [0.2, 0.25) is 0 Å². The Bertz CT molecular complexity index is 200. The summed E-state index contributed by atoms with van der Waals surface area (Å²) in [6.45, 7) is 6.45. The summed E-state index contributed by atoms with van der Waals surface area (Å²) < 4.78 is 0. The molecule has 1 rings (SSSR count). The molecule has 0 aromatic heterocycles. The molecule has 0 heterocycles. The molecule has 0 spiro atoms. The second-order valence-electron chi connectivity index (χ2n) is 5.28. The molecule has 82 valence electrons. The van der Waals surface area contributed by atoms with Gasteiger partial charge in [-0.05, 0) is 46.5 Å². The van der Waals surface area contributed by atoms with E-state index in [1.807, 2.05) is 0 Å². The van der Waals surface area contributed by atoms with E-state index in [1.165, 1.54) is 0 Å². The SMILES string of the molecule is CC(C)(C)NC1CCC(C(=O)O)CC1. The van der Waals surface area contributed by atoms with E-state index in [2.05, 4.69) is 26.1 Å². The van der Waals surface area contributed by atoms with E-state index >= 15 is 0 Å². The van der Waals surface area contributed by atoms with Crippen LogP contribution in [0.1, 0.15) is 46.5 Å². The maximum atomic E-state index is 10.7. The Morgan fingerprint density at radius 3 is 2.07 bits per heavy atom. The maximum absolute atomic E-state index is 10.7. The lowest BCUT2D eigenvalue weighted by molar-refractivity contribution is -0.142. The molecule has 2 N–H and O–H groups in total. The second kappa shape index (κ2) is 4.30. The van der Waals surface area contributed by atoms with Crippen molar-refractivity contribution in [3.8, 4) is 0 Å². The number of carboxylic acids is 1. The van der Waals surface area contributed by atoms with E-state index in [4.69, 9.17) is 5.11 Å². The Balaban J connectivity index is 2.33. The Labute approximate surface area is 85.9 Å². The molecule has 1 aliphatic carbocycles. The quantitative estimate of drug-likeness (QED) is 0.715. The maximum Gasteiger partial charge on any atom is 0.306 e. The van der Waals surface area contributed by atoms with E-state index in [0.29, 0.717) is 6.04 Å². The minimum absolute atomic E-state index is 0.104. The Morgan fingerprint density at radius 2 is 1.71 bits per heavy atom. The number of nitrogens with one attached hydrogen (secondary N) is 1. The molecule has 0 saturated heterocycles. The molecule has 1 aliphatic rings. The number of aliphatic carboxylic acids is 1. The van der Waals surface area contributed by atoms with Gasteiger partial charge in [-0.3, -0.25) is 4.79 Å². The third-order valence-corrected chi connectivity index (χ3v) is 2.71. The van der Waals surface area contributed by atoms with Crippen molar-refractivity contribution in [3.63, 3.8) is 0 Å². The summed E-state index contributed by atoms with van der Waals surface area (Å²) in [5.74, 6) is -0.729. The lowest BCUT2D eigenvalue weighted by Gasteiger charge is -2.33. The highest BCUT2D eigenvalue weighted by Crippen LogP contribution is 2.25. The summed E-state index contributed by atoms with van der Waals surface area (Å²) in [4.78, 5) is 10.7. The molecule has 3 nitrogen and oxygen atoms in total. The van der Waals surface area contributed by atoms with Crippen LogP contribution in [-0.4, -0.2) is 22.7 Å². The number of hydrogen-bond donors (Lipinski definition) is 2. The topological polar surface area (TPSA) is 49.3 Å². The summed E-state index contributed by atoms with van der Waals surface area (Å²) in [6.07, 6.45) is 3.63. The predicted molar refractivity (Wildman–Crippen MR) is 56.3 cm³/mol. The molecule has 0 aromatic rings. The van der Waals surface area contributed by atoms with E-state index in [-0.39, 0.29) is 11.5 Å². The van der Waals surface area contributed by atoms with Crippen molar-refractivity contribution in [3.05, 3.63) is 0 Å². The molecule has 0 unspecified atom stereocenters. The summed E-state index contributed by atoms with van der Waals surface area (Å²) in [6, 6.07) is 0.505. The van der Waals surface area contributed by atoms with Gasteiger partial charge in [0.05, 0.1) is 5.92 Å². The van der Waals surface area contributed by atoms with Crippen LogP contribution in [0.3, 0.4) is 0 Å². The molecule has 0 bridgehead atoms. The van der Waals surface area contributed by atoms with Crippen LogP contribution in [0.15, 0.2) is 0 Å². The van der Waals surface area contributed by atoms with Crippen LogP contribution >= 0.6 is 0 Å². The molecule has 1 saturated carbocycles. The fourth-order valence-electron chi connectivity index (χ4n) is 2.10. The van der Waals surface area contributed by atoms with Crippen LogP contribution in [-0.2, 0) is 4.79 Å². The van der Waals surface area contributed by atoms with Crippen LogP contribution in [0.4, 0.5) is 0 Å². The Hall–Kier alpha value is -0.570. The summed E-state index contributed by atoms with van der Waals surface area (Å²) in [7, 11) is 0. The lowest BCUT2D eigenvalue weighted by atomic mass is 9.85. The van der Waals surface area contributed by atoms with Gasteiger partial charge in [0, 0.05) is 11.6 Å². The third-order valence-electron chi connectivity index (χ3n) is 2.71. The van der Waals surface area contributed by atoms with Crippen molar-refractivity contribution in [2.45, 2.75) is 58.0 Å². The van der Waals surface area contributed by atoms with Crippen molar-refractivity contribution in [2.24, 2.45) is 5.92 Å². The molecular weight excluding hydrogens is 178 g/mol. The highest BCUT2D eigenvalue weighted by molar-refractivity contribution is 5.70. The van der Waals surface area contributed by atoms with Crippen molar-refractivity contribution in [2.75, 3.05) is 0 Å². The minimum atomic E-state index is -0.626.